The van der Waals surface area contributed by atoms with Crippen LogP contribution in [-0.2, 0) is 10.0 Å². The molecule has 9 heteroatoms. The third-order valence-electron chi connectivity index (χ3n) is 4.01. The van der Waals surface area contributed by atoms with E-state index in [1.165, 1.54) is 0 Å². The van der Waals surface area contributed by atoms with Crippen molar-refractivity contribution >= 4 is 27.0 Å². The molecule has 1 N–H and O–H groups in total. The van der Waals surface area contributed by atoms with E-state index in [0.29, 0.717) is 34.3 Å². The van der Waals surface area contributed by atoms with Gasteiger partial charge in [-0.15, -0.1) is 17.8 Å². The minimum atomic E-state index is -3.60. The molecule has 0 unspecified atom stereocenters. The van der Waals surface area contributed by atoms with Gasteiger partial charge >= 0.3 is 0 Å². The molecule has 0 saturated heterocycles. The Balaban J connectivity index is 1.54. The van der Waals surface area contributed by atoms with Crippen LogP contribution in [0.1, 0.15) is 0 Å². The summed E-state index contributed by atoms with van der Waals surface area (Å²) in [6.07, 6.45) is 5.26. The summed E-state index contributed by atoms with van der Waals surface area (Å²) in [5.41, 5.74) is 1.73. The third kappa shape index (κ3) is 4.20. The summed E-state index contributed by atoms with van der Waals surface area (Å²) in [5, 5.41) is 5.73. The Bertz CT molecular complexity index is 1290. The van der Waals surface area contributed by atoms with Gasteiger partial charge in [0.05, 0.1) is 5.56 Å². The quantitative estimate of drug-likeness (QED) is 0.434. The van der Waals surface area contributed by atoms with E-state index in [9.17, 15) is 8.42 Å². The first-order valence-electron chi connectivity index (χ1n) is 8.73. The summed E-state index contributed by atoms with van der Waals surface area (Å²) in [5.74, 6) is 3.64. The van der Waals surface area contributed by atoms with Crippen LogP contribution in [0.25, 0.3) is 22.8 Å². The fraction of sp³-hybridized carbons (Fsp3) is 0.0476. The van der Waals surface area contributed by atoms with Crippen LogP contribution in [0.4, 0.5) is 5.69 Å². The molecular formula is C21H15N3O4S2. The Hall–Kier alpha value is -3.61. The number of nitrogens with zero attached hydrogens (tertiary/aromatic N) is 2. The molecule has 0 atom stereocenters. The highest BCUT2D eigenvalue weighted by Gasteiger charge is 2.17. The molecule has 0 aliphatic carbocycles. The van der Waals surface area contributed by atoms with E-state index in [0.717, 1.165) is 11.3 Å². The Kier molecular flexibility index (Phi) is 5.52. The maximum absolute atomic E-state index is 12.3. The lowest BCUT2D eigenvalue weighted by molar-refractivity contribution is 0.371. The predicted octanol–water partition coefficient (Wildman–Crippen LogP) is 4.28. The molecule has 0 saturated carbocycles. The number of rotatable bonds is 7. The summed E-state index contributed by atoms with van der Waals surface area (Å²) in [6.45, 7) is 0.130. The van der Waals surface area contributed by atoms with Crippen molar-refractivity contribution in [2.75, 3.05) is 11.3 Å². The second-order valence-corrected chi connectivity index (χ2v) is 8.88. The van der Waals surface area contributed by atoms with Gasteiger partial charge in [-0.05, 0) is 47.8 Å². The summed E-state index contributed by atoms with van der Waals surface area (Å²) in [6, 6.07) is 17.1. The monoisotopic (exact) mass is 437 g/mol. The van der Waals surface area contributed by atoms with Crippen molar-refractivity contribution in [1.29, 1.82) is 0 Å². The van der Waals surface area contributed by atoms with Crippen molar-refractivity contribution in [3.63, 3.8) is 0 Å². The molecule has 0 fully saturated rings. The minimum Gasteiger partial charge on any atom is -0.480 e. The number of nitrogens with one attached hydrogen (secondary N) is 1. The van der Waals surface area contributed by atoms with E-state index >= 15 is 0 Å². The molecule has 0 aliphatic heterocycles. The highest BCUT2D eigenvalue weighted by molar-refractivity contribution is 7.94. The smallest absolute Gasteiger partial charge is 0.271 e. The average Bonchev–Trinajstić information content (AvgIpc) is 3.45. The molecule has 2 aromatic heterocycles. The number of para-hydroxylation sites is 1. The second-order valence-electron chi connectivity index (χ2n) is 6.03. The Morgan fingerprint density at radius 1 is 1.10 bits per heavy atom. The number of hydrogen-bond acceptors (Lipinski definition) is 7. The van der Waals surface area contributed by atoms with E-state index < -0.39 is 10.0 Å². The van der Waals surface area contributed by atoms with Gasteiger partial charge in [-0.25, -0.2) is 8.42 Å². The number of benzene rings is 2. The van der Waals surface area contributed by atoms with E-state index in [4.69, 9.17) is 15.7 Å². The number of hydrogen-bond donors (Lipinski definition) is 1. The van der Waals surface area contributed by atoms with Crippen LogP contribution in [-0.4, -0.2) is 25.2 Å². The lowest BCUT2D eigenvalue weighted by Gasteiger charge is -2.06. The molecule has 4 aromatic rings. The standard InChI is InChI=1S/C21H15N3O4S2/c1-2-13-27-18-7-4-3-6-17(18)20-22-21(28-23-20)15-9-11-16(12-10-15)24-30(25,26)19-8-5-14-29-19/h1,3-12,14,24H,13H2. The minimum absolute atomic E-state index is 0.130. The second kappa shape index (κ2) is 8.41. The molecule has 150 valence electrons. The molecule has 4 rings (SSSR count). The summed E-state index contributed by atoms with van der Waals surface area (Å²) in [7, 11) is -3.60. The van der Waals surface area contributed by atoms with Gasteiger partial charge in [0.1, 0.15) is 16.6 Å². The van der Waals surface area contributed by atoms with Gasteiger partial charge in [0.25, 0.3) is 15.9 Å². The first-order chi connectivity index (χ1) is 14.6. The van der Waals surface area contributed by atoms with Crippen LogP contribution in [0.5, 0.6) is 5.75 Å². The van der Waals surface area contributed by atoms with Crippen LogP contribution in [0, 0.1) is 12.3 Å². The van der Waals surface area contributed by atoms with Gasteiger partial charge in [0.15, 0.2) is 0 Å². The molecule has 2 heterocycles. The zero-order valence-electron chi connectivity index (χ0n) is 15.5. The SMILES string of the molecule is C#CCOc1ccccc1-c1noc(-c2ccc(NS(=O)(=O)c3cccs3)cc2)n1. The summed E-state index contributed by atoms with van der Waals surface area (Å²) < 4.78 is 38.3. The van der Waals surface area contributed by atoms with Crippen LogP contribution < -0.4 is 9.46 Å². The highest BCUT2D eigenvalue weighted by Crippen LogP contribution is 2.30. The normalized spacial score (nSPS) is 11.0. The van der Waals surface area contributed by atoms with E-state index in [2.05, 4.69) is 20.8 Å². The fourth-order valence-corrected chi connectivity index (χ4v) is 4.70. The molecule has 0 aliphatic rings. The molecule has 30 heavy (non-hydrogen) atoms. The van der Waals surface area contributed by atoms with Gasteiger partial charge in [0, 0.05) is 11.3 Å². The van der Waals surface area contributed by atoms with Crippen molar-refractivity contribution in [3.8, 4) is 40.9 Å². The first kappa shape index (κ1) is 19.7. The molecule has 0 amide bonds. The molecule has 2 aromatic carbocycles. The predicted molar refractivity (Wildman–Crippen MR) is 115 cm³/mol. The van der Waals surface area contributed by atoms with Crippen LogP contribution in [0.2, 0.25) is 0 Å². The Morgan fingerprint density at radius 2 is 1.90 bits per heavy atom. The van der Waals surface area contributed by atoms with E-state index in [-0.39, 0.29) is 10.8 Å². The molecule has 0 radical (unpaired) electrons. The number of aromatic nitrogens is 2. The lowest BCUT2D eigenvalue weighted by atomic mass is 10.2. The number of sulfonamides is 1. The zero-order valence-corrected chi connectivity index (χ0v) is 17.1. The van der Waals surface area contributed by atoms with Crippen molar-refractivity contribution in [3.05, 3.63) is 66.0 Å². The fourth-order valence-electron chi connectivity index (χ4n) is 2.65. The van der Waals surface area contributed by atoms with Crippen molar-refractivity contribution in [2.24, 2.45) is 0 Å². The number of terminal acetylenes is 1. The summed E-state index contributed by atoms with van der Waals surface area (Å²) in [4.78, 5) is 4.42. The Morgan fingerprint density at radius 3 is 2.63 bits per heavy atom. The maximum atomic E-state index is 12.3. The maximum Gasteiger partial charge on any atom is 0.271 e. The average molecular weight is 438 g/mol. The molecule has 0 spiro atoms. The third-order valence-corrected chi connectivity index (χ3v) is 6.79. The van der Waals surface area contributed by atoms with Crippen molar-refractivity contribution in [1.82, 2.24) is 10.1 Å². The topological polar surface area (TPSA) is 94.3 Å². The van der Waals surface area contributed by atoms with E-state index in [1.54, 1.807) is 47.8 Å². The van der Waals surface area contributed by atoms with Gasteiger partial charge in [0.2, 0.25) is 5.82 Å². The molecule has 7 nitrogen and oxygen atoms in total. The largest absolute Gasteiger partial charge is 0.480 e. The van der Waals surface area contributed by atoms with Gasteiger partial charge in [-0.2, -0.15) is 4.98 Å². The zero-order chi connectivity index (χ0) is 21.0. The van der Waals surface area contributed by atoms with Crippen LogP contribution in [0.3, 0.4) is 0 Å². The number of ether oxygens (including phenoxy) is 1. The molecule has 0 bridgehead atoms. The summed E-state index contributed by atoms with van der Waals surface area (Å²) >= 11 is 1.15. The van der Waals surface area contributed by atoms with Crippen LogP contribution in [0.15, 0.2) is 74.8 Å². The van der Waals surface area contributed by atoms with Gasteiger partial charge < -0.3 is 9.26 Å². The van der Waals surface area contributed by atoms with E-state index in [1.807, 2.05) is 18.2 Å². The van der Waals surface area contributed by atoms with Gasteiger partial charge in [-0.1, -0.05) is 29.3 Å². The molecular weight excluding hydrogens is 422 g/mol. The lowest BCUT2D eigenvalue weighted by Crippen LogP contribution is -2.11. The van der Waals surface area contributed by atoms with Crippen LogP contribution >= 0.6 is 11.3 Å². The van der Waals surface area contributed by atoms with Crippen molar-refractivity contribution in [2.45, 2.75) is 4.21 Å². The number of thiophene rings is 1. The number of anilines is 1. The first-order valence-corrected chi connectivity index (χ1v) is 11.1. The Labute approximate surface area is 177 Å². The van der Waals surface area contributed by atoms with Gasteiger partial charge in [-0.3, -0.25) is 4.72 Å². The van der Waals surface area contributed by atoms with Crippen molar-refractivity contribution < 1.29 is 17.7 Å². The highest BCUT2D eigenvalue weighted by atomic mass is 32.2.